The van der Waals surface area contributed by atoms with Crippen molar-refractivity contribution in [1.82, 2.24) is 4.90 Å². The van der Waals surface area contributed by atoms with E-state index in [1.807, 2.05) is 0 Å². The van der Waals surface area contributed by atoms with E-state index in [1.54, 1.807) is 12.1 Å². The molecule has 1 aliphatic rings. The number of rotatable bonds is 3. The second-order valence-corrected chi connectivity index (χ2v) is 5.58. The van der Waals surface area contributed by atoms with Crippen LogP contribution in [0.5, 0.6) is 0 Å². The summed E-state index contributed by atoms with van der Waals surface area (Å²) in [7, 11) is 0. The van der Waals surface area contributed by atoms with Crippen LogP contribution in [0.3, 0.4) is 0 Å². The summed E-state index contributed by atoms with van der Waals surface area (Å²) in [6.45, 7) is 5.29. The maximum Gasteiger partial charge on any atom is 0.129 e. The zero-order valence-electron chi connectivity index (χ0n) is 10.0. The SMILES string of the molecule is CC1(CN)CCN(Cc2c(F)cccc2Cl)C1. The molecule has 0 amide bonds. The minimum Gasteiger partial charge on any atom is -0.330 e. The second-order valence-electron chi connectivity index (χ2n) is 5.18. The fourth-order valence-corrected chi connectivity index (χ4v) is 2.56. The quantitative estimate of drug-likeness (QED) is 0.901. The molecule has 1 atom stereocenters. The van der Waals surface area contributed by atoms with Gasteiger partial charge in [0.2, 0.25) is 0 Å². The van der Waals surface area contributed by atoms with Crippen molar-refractivity contribution in [3.63, 3.8) is 0 Å². The number of hydrogen-bond donors (Lipinski definition) is 1. The van der Waals surface area contributed by atoms with E-state index in [0.29, 0.717) is 23.7 Å². The highest BCUT2D eigenvalue weighted by molar-refractivity contribution is 6.31. The molecule has 1 fully saturated rings. The van der Waals surface area contributed by atoms with E-state index < -0.39 is 0 Å². The van der Waals surface area contributed by atoms with Crippen LogP contribution in [-0.2, 0) is 6.54 Å². The monoisotopic (exact) mass is 256 g/mol. The average molecular weight is 257 g/mol. The van der Waals surface area contributed by atoms with Gasteiger partial charge in [-0.05, 0) is 37.1 Å². The molecule has 1 unspecified atom stereocenters. The van der Waals surface area contributed by atoms with Crippen molar-refractivity contribution in [2.45, 2.75) is 19.9 Å². The molecule has 0 radical (unpaired) electrons. The molecule has 4 heteroatoms. The zero-order chi connectivity index (χ0) is 12.5. The Morgan fingerprint density at radius 1 is 1.53 bits per heavy atom. The summed E-state index contributed by atoms with van der Waals surface area (Å²) in [5.74, 6) is -0.223. The standard InChI is InChI=1S/C13H18ClFN2/c1-13(8-16)5-6-17(9-13)7-10-11(14)3-2-4-12(10)15/h2-4H,5-9,16H2,1H3. The normalized spacial score (nSPS) is 25.4. The van der Waals surface area contributed by atoms with Crippen molar-refractivity contribution in [3.8, 4) is 0 Å². The Kier molecular flexibility index (Phi) is 3.71. The third kappa shape index (κ3) is 2.79. The summed E-state index contributed by atoms with van der Waals surface area (Å²) in [5, 5.41) is 0.506. The van der Waals surface area contributed by atoms with E-state index in [1.165, 1.54) is 6.07 Å². The maximum absolute atomic E-state index is 13.6. The summed E-state index contributed by atoms with van der Waals surface area (Å²) >= 11 is 6.02. The molecule has 2 nitrogen and oxygen atoms in total. The van der Waals surface area contributed by atoms with Gasteiger partial charge in [-0.15, -0.1) is 0 Å². The zero-order valence-corrected chi connectivity index (χ0v) is 10.8. The van der Waals surface area contributed by atoms with Crippen molar-refractivity contribution in [1.29, 1.82) is 0 Å². The summed E-state index contributed by atoms with van der Waals surface area (Å²) in [6, 6.07) is 4.83. The molecule has 1 aromatic carbocycles. The molecule has 1 aliphatic heterocycles. The van der Waals surface area contributed by atoms with Gasteiger partial charge in [0.1, 0.15) is 5.82 Å². The van der Waals surface area contributed by atoms with Crippen molar-refractivity contribution in [3.05, 3.63) is 34.6 Å². The van der Waals surface area contributed by atoms with Gasteiger partial charge >= 0.3 is 0 Å². The smallest absolute Gasteiger partial charge is 0.129 e. The van der Waals surface area contributed by atoms with Gasteiger partial charge in [-0.25, -0.2) is 4.39 Å². The topological polar surface area (TPSA) is 29.3 Å². The van der Waals surface area contributed by atoms with Crippen LogP contribution in [0.2, 0.25) is 5.02 Å². The van der Waals surface area contributed by atoms with E-state index in [-0.39, 0.29) is 11.2 Å². The first-order valence-electron chi connectivity index (χ1n) is 5.89. The van der Waals surface area contributed by atoms with E-state index >= 15 is 0 Å². The number of likely N-dealkylation sites (tertiary alicyclic amines) is 1. The molecule has 94 valence electrons. The van der Waals surface area contributed by atoms with Crippen molar-refractivity contribution in [2.24, 2.45) is 11.1 Å². The first-order valence-corrected chi connectivity index (χ1v) is 6.27. The third-order valence-electron chi connectivity index (χ3n) is 3.57. The van der Waals surface area contributed by atoms with Crippen LogP contribution in [0.15, 0.2) is 18.2 Å². The van der Waals surface area contributed by atoms with Crippen molar-refractivity contribution < 1.29 is 4.39 Å². The highest BCUT2D eigenvalue weighted by atomic mass is 35.5. The molecule has 1 aromatic rings. The molecule has 17 heavy (non-hydrogen) atoms. The van der Waals surface area contributed by atoms with Crippen LogP contribution < -0.4 is 5.73 Å². The first-order chi connectivity index (χ1) is 8.04. The Balaban J connectivity index is 2.08. The van der Waals surface area contributed by atoms with E-state index in [9.17, 15) is 4.39 Å². The summed E-state index contributed by atoms with van der Waals surface area (Å²) in [4.78, 5) is 2.22. The van der Waals surface area contributed by atoms with E-state index in [4.69, 9.17) is 17.3 Å². The third-order valence-corrected chi connectivity index (χ3v) is 3.93. The summed E-state index contributed by atoms with van der Waals surface area (Å²) in [6.07, 6.45) is 1.07. The molecule has 0 bridgehead atoms. The van der Waals surface area contributed by atoms with Gasteiger partial charge < -0.3 is 5.73 Å². The Hall–Kier alpha value is -0.640. The van der Waals surface area contributed by atoms with Gasteiger partial charge in [0.15, 0.2) is 0 Å². The highest BCUT2D eigenvalue weighted by Crippen LogP contribution is 2.31. The van der Waals surface area contributed by atoms with Crippen molar-refractivity contribution in [2.75, 3.05) is 19.6 Å². The lowest BCUT2D eigenvalue weighted by Crippen LogP contribution is -2.31. The number of hydrogen-bond acceptors (Lipinski definition) is 2. The van der Waals surface area contributed by atoms with Crippen LogP contribution in [0, 0.1) is 11.2 Å². The lowest BCUT2D eigenvalue weighted by Gasteiger charge is -2.23. The largest absolute Gasteiger partial charge is 0.330 e. The number of nitrogens with two attached hydrogens (primary N) is 1. The molecule has 2 N–H and O–H groups in total. The average Bonchev–Trinajstić information content (AvgIpc) is 2.67. The molecule has 2 rings (SSSR count). The lowest BCUT2D eigenvalue weighted by atomic mass is 9.90. The Morgan fingerprint density at radius 2 is 2.29 bits per heavy atom. The predicted molar refractivity (Wildman–Crippen MR) is 68.5 cm³/mol. The molecule has 0 saturated carbocycles. The van der Waals surface area contributed by atoms with Crippen LogP contribution in [0.1, 0.15) is 18.9 Å². The Labute approximate surface area is 107 Å². The number of nitrogens with zero attached hydrogens (tertiary/aromatic N) is 1. The lowest BCUT2D eigenvalue weighted by molar-refractivity contribution is 0.271. The van der Waals surface area contributed by atoms with Gasteiger partial charge in [0.25, 0.3) is 0 Å². The molecule has 1 saturated heterocycles. The minimum absolute atomic E-state index is 0.164. The van der Waals surface area contributed by atoms with Gasteiger partial charge in [-0.3, -0.25) is 4.90 Å². The molecular weight excluding hydrogens is 239 g/mol. The highest BCUT2D eigenvalue weighted by Gasteiger charge is 2.32. The number of halogens is 2. The summed E-state index contributed by atoms with van der Waals surface area (Å²) in [5.41, 5.74) is 6.51. The minimum atomic E-state index is -0.223. The van der Waals surface area contributed by atoms with Gasteiger partial charge in [-0.1, -0.05) is 24.6 Å². The van der Waals surface area contributed by atoms with Gasteiger partial charge in [-0.2, -0.15) is 0 Å². The van der Waals surface area contributed by atoms with Gasteiger partial charge in [0.05, 0.1) is 0 Å². The van der Waals surface area contributed by atoms with Crippen LogP contribution in [0.4, 0.5) is 4.39 Å². The fraction of sp³-hybridized carbons (Fsp3) is 0.538. The van der Waals surface area contributed by atoms with Crippen LogP contribution in [0.25, 0.3) is 0 Å². The summed E-state index contributed by atoms with van der Waals surface area (Å²) < 4.78 is 13.6. The van der Waals surface area contributed by atoms with E-state index in [0.717, 1.165) is 19.5 Å². The maximum atomic E-state index is 13.6. The Bertz CT molecular complexity index is 390. The molecule has 0 aliphatic carbocycles. The van der Waals surface area contributed by atoms with Crippen molar-refractivity contribution >= 4 is 11.6 Å². The fourth-order valence-electron chi connectivity index (χ4n) is 2.33. The molecule has 1 heterocycles. The van der Waals surface area contributed by atoms with Gasteiger partial charge in [0, 0.05) is 23.7 Å². The van der Waals surface area contributed by atoms with Crippen LogP contribution in [-0.4, -0.2) is 24.5 Å². The van der Waals surface area contributed by atoms with Crippen LogP contribution >= 0.6 is 11.6 Å². The first kappa shape index (κ1) is 12.8. The molecule has 0 spiro atoms. The Morgan fingerprint density at radius 3 is 2.88 bits per heavy atom. The number of benzene rings is 1. The molecular formula is C13H18ClFN2. The van der Waals surface area contributed by atoms with E-state index in [2.05, 4.69) is 11.8 Å². The predicted octanol–water partition coefficient (Wildman–Crippen LogP) is 2.65. The second kappa shape index (κ2) is 4.92. The molecule has 0 aromatic heterocycles.